The fourth-order valence-corrected chi connectivity index (χ4v) is 3.39. The van der Waals surface area contributed by atoms with E-state index in [1.807, 2.05) is 18.2 Å². The molecule has 7 heteroatoms. The minimum absolute atomic E-state index is 0.149. The Hall–Kier alpha value is -2.28. The number of methoxy groups -OCH3 is 1. The summed E-state index contributed by atoms with van der Waals surface area (Å²) in [5.41, 5.74) is 1.35. The zero-order valence-corrected chi connectivity index (χ0v) is 12.8. The summed E-state index contributed by atoms with van der Waals surface area (Å²) >= 11 is 1.59. The Kier molecular flexibility index (Phi) is 3.15. The molecule has 6 nitrogen and oxygen atoms in total. The maximum absolute atomic E-state index is 12.2. The van der Waals surface area contributed by atoms with Gasteiger partial charge in [0.15, 0.2) is 0 Å². The number of hydrogen-bond acceptors (Lipinski definition) is 6. The quantitative estimate of drug-likeness (QED) is 0.738. The highest BCUT2D eigenvalue weighted by Gasteiger charge is 2.27. The molecule has 1 aromatic carbocycles. The van der Waals surface area contributed by atoms with Gasteiger partial charge in [-0.1, -0.05) is 11.3 Å². The molecule has 112 valence electrons. The number of rotatable bonds is 4. The van der Waals surface area contributed by atoms with Gasteiger partial charge in [0, 0.05) is 12.0 Å². The van der Waals surface area contributed by atoms with E-state index in [2.05, 4.69) is 15.2 Å². The lowest BCUT2D eigenvalue weighted by Gasteiger charge is -2.08. The number of benzene rings is 1. The van der Waals surface area contributed by atoms with Crippen molar-refractivity contribution in [2.75, 3.05) is 7.11 Å². The van der Waals surface area contributed by atoms with Gasteiger partial charge >= 0.3 is 0 Å². The van der Waals surface area contributed by atoms with E-state index in [1.54, 1.807) is 23.0 Å². The van der Waals surface area contributed by atoms with Crippen LogP contribution in [0.3, 0.4) is 0 Å². The highest BCUT2D eigenvalue weighted by Crippen LogP contribution is 2.41. The summed E-state index contributed by atoms with van der Waals surface area (Å²) in [7, 11) is 1.60. The van der Waals surface area contributed by atoms with Crippen molar-refractivity contribution >= 4 is 22.4 Å². The van der Waals surface area contributed by atoms with Crippen LogP contribution in [0.2, 0.25) is 0 Å². The highest BCUT2D eigenvalue weighted by molar-refractivity contribution is 7.11. The Morgan fingerprint density at radius 3 is 3.00 bits per heavy atom. The highest BCUT2D eigenvalue weighted by atomic mass is 32.1. The van der Waals surface area contributed by atoms with Gasteiger partial charge in [0.05, 0.1) is 30.9 Å². The second kappa shape index (κ2) is 5.17. The van der Waals surface area contributed by atoms with Crippen molar-refractivity contribution in [1.82, 2.24) is 19.7 Å². The summed E-state index contributed by atoms with van der Waals surface area (Å²) in [4.78, 5) is 16.4. The van der Waals surface area contributed by atoms with Crippen LogP contribution in [0.1, 0.15) is 28.8 Å². The maximum Gasteiger partial charge on any atom is 0.269 e. The fourth-order valence-electron chi connectivity index (χ4n) is 2.39. The van der Waals surface area contributed by atoms with Crippen molar-refractivity contribution < 1.29 is 4.74 Å². The Morgan fingerprint density at radius 2 is 2.23 bits per heavy atom. The third kappa shape index (κ3) is 2.37. The number of fused-ring (bicyclic) bond motifs is 1. The molecule has 0 unspecified atom stereocenters. The van der Waals surface area contributed by atoms with E-state index in [-0.39, 0.29) is 5.56 Å². The second-order valence-electron chi connectivity index (χ2n) is 5.35. The van der Waals surface area contributed by atoms with Gasteiger partial charge in [-0.3, -0.25) is 9.36 Å². The summed E-state index contributed by atoms with van der Waals surface area (Å²) in [6.45, 7) is 0.412. The van der Waals surface area contributed by atoms with Crippen molar-refractivity contribution in [1.29, 1.82) is 0 Å². The predicted octanol–water partition coefficient (Wildman–Crippen LogP) is 2.18. The minimum atomic E-state index is -0.149. The summed E-state index contributed by atoms with van der Waals surface area (Å²) in [5, 5.41) is 10.4. The average molecular weight is 314 g/mol. The van der Waals surface area contributed by atoms with Crippen LogP contribution < -0.4 is 10.3 Å². The standard InChI is InChI=1S/C15H14N4O2S/c1-21-10-4-5-11-12(6-10)19(14(20)7-16-11)8-13-17-18-15(22-13)9-2-3-9/h4-7,9H,2-3,8H2,1H3. The molecule has 2 aromatic heterocycles. The van der Waals surface area contributed by atoms with Gasteiger partial charge in [-0.05, 0) is 25.0 Å². The molecule has 0 amide bonds. The lowest BCUT2D eigenvalue weighted by Crippen LogP contribution is -2.21. The molecule has 1 saturated carbocycles. The number of aromatic nitrogens is 4. The first-order valence-electron chi connectivity index (χ1n) is 7.10. The Labute approximate surface area is 130 Å². The van der Waals surface area contributed by atoms with E-state index < -0.39 is 0 Å². The molecule has 0 N–H and O–H groups in total. The lowest BCUT2D eigenvalue weighted by atomic mass is 10.2. The van der Waals surface area contributed by atoms with Gasteiger partial charge in [-0.25, -0.2) is 4.98 Å². The van der Waals surface area contributed by atoms with Crippen LogP contribution in [0.5, 0.6) is 5.75 Å². The summed E-state index contributed by atoms with van der Waals surface area (Å²) in [6.07, 6.45) is 3.74. The molecule has 4 rings (SSSR count). The van der Waals surface area contributed by atoms with E-state index >= 15 is 0 Å². The zero-order valence-electron chi connectivity index (χ0n) is 12.0. The molecule has 3 aromatic rings. The van der Waals surface area contributed by atoms with Crippen LogP contribution in [0, 0.1) is 0 Å². The Bertz CT molecular complexity index is 898. The third-order valence-corrected chi connectivity index (χ3v) is 4.83. The van der Waals surface area contributed by atoms with Crippen LogP contribution in [-0.2, 0) is 6.54 Å². The van der Waals surface area contributed by atoms with Crippen LogP contribution >= 0.6 is 11.3 Å². The molecule has 0 bridgehead atoms. The van der Waals surface area contributed by atoms with Crippen molar-refractivity contribution in [3.8, 4) is 5.75 Å². The van der Waals surface area contributed by atoms with Gasteiger partial charge in [0.2, 0.25) is 0 Å². The molecule has 0 radical (unpaired) electrons. The summed E-state index contributed by atoms with van der Waals surface area (Å²) < 4.78 is 6.91. The maximum atomic E-state index is 12.2. The molecule has 1 aliphatic rings. The van der Waals surface area contributed by atoms with E-state index in [9.17, 15) is 4.79 Å². The molecule has 1 aliphatic carbocycles. The summed E-state index contributed by atoms with van der Waals surface area (Å²) in [6, 6.07) is 5.51. The van der Waals surface area contributed by atoms with Crippen molar-refractivity contribution in [2.45, 2.75) is 25.3 Å². The fraction of sp³-hybridized carbons (Fsp3) is 0.333. The van der Waals surface area contributed by atoms with Gasteiger partial charge < -0.3 is 4.74 Å². The predicted molar refractivity (Wildman–Crippen MR) is 83.5 cm³/mol. The molecule has 2 heterocycles. The van der Waals surface area contributed by atoms with E-state index in [1.165, 1.54) is 19.0 Å². The molecular weight excluding hydrogens is 300 g/mol. The van der Waals surface area contributed by atoms with Crippen molar-refractivity contribution in [3.05, 3.63) is 44.8 Å². The van der Waals surface area contributed by atoms with Gasteiger partial charge in [0.25, 0.3) is 5.56 Å². The van der Waals surface area contributed by atoms with Crippen molar-refractivity contribution in [2.24, 2.45) is 0 Å². The number of hydrogen-bond donors (Lipinski definition) is 0. The van der Waals surface area contributed by atoms with E-state index in [4.69, 9.17) is 4.74 Å². The first kappa shape index (κ1) is 13.4. The molecule has 0 saturated heterocycles. The molecule has 0 atom stereocenters. The van der Waals surface area contributed by atoms with Gasteiger partial charge in [-0.2, -0.15) is 0 Å². The second-order valence-corrected chi connectivity index (χ2v) is 6.44. The minimum Gasteiger partial charge on any atom is -0.497 e. The summed E-state index contributed by atoms with van der Waals surface area (Å²) in [5.74, 6) is 1.28. The zero-order chi connectivity index (χ0) is 15.1. The monoisotopic (exact) mass is 314 g/mol. The van der Waals surface area contributed by atoms with Crippen LogP contribution in [0.15, 0.2) is 29.2 Å². The first-order chi connectivity index (χ1) is 10.7. The topological polar surface area (TPSA) is 69.9 Å². The smallest absolute Gasteiger partial charge is 0.269 e. The normalized spacial score (nSPS) is 14.4. The van der Waals surface area contributed by atoms with E-state index in [0.717, 1.165) is 21.0 Å². The lowest BCUT2D eigenvalue weighted by molar-refractivity contribution is 0.415. The first-order valence-corrected chi connectivity index (χ1v) is 7.92. The number of nitrogens with zero attached hydrogens (tertiary/aromatic N) is 4. The average Bonchev–Trinajstić information content (AvgIpc) is 3.29. The van der Waals surface area contributed by atoms with Gasteiger partial charge in [0.1, 0.15) is 15.8 Å². The largest absolute Gasteiger partial charge is 0.497 e. The van der Waals surface area contributed by atoms with Gasteiger partial charge in [-0.15, -0.1) is 10.2 Å². The molecular formula is C15H14N4O2S. The van der Waals surface area contributed by atoms with Crippen LogP contribution in [0.4, 0.5) is 0 Å². The van der Waals surface area contributed by atoms with Crippen molar-refractivity contribution in [3.63, 3.8) is 0 Å². The third-order valence-electron chi connectivity index (χ3n) is 3.76. The molecule has 0 spiro atoms. The molecule has 22 heavy (non-hydrogen) atoms. The Balaban J connectivity index is 1.78. The Morgan fingerprint density at radius 1 is 1.36 bits per heavy atom. The van der Waals surface area contributed by atoms with Crippen LogP contribution in [0.25, 0.3) is 11.0 Å². The van der Waals surface area contributed by atoms with E-state index in [0.29, 0.717) is 18.2 Å². The van der Waals surface area contributed by atoms with Crippen LogP contribution in [-0.4, -0.2) is 26.9 Å². The molecule has 1 fully saturated rings. The SMILES string of the molecule is COc1ccc2ncc(=O)n(Cc3nnc(C4CC4)s3)c2c1. The number of ether oxygens (including phenoxy) is 1. The molecule has 0 aliphatic heterocycles.